The van der Waals surface area contributed by atoms with Crippen LogP contribution >= 0.6 is 58.5 Å². The van der Waals surface area contributed by atoms with Crippen LogP contribution in [0.25, 0.3) is 5.69 Å². The summed E-state index contributed by atoms with van der Waals surface area (Å²) in [5.74, 6) is -0.226. The van der Waals surface area contributed by atoms with Crippen molar-refractivity contribution in [2.45, 2.75) is 4.34 Å². The van der Waals surface area contributed by atoms with Crippen molar-refractivity contribution in [3.8, 4) is 5.69 Å². The van der Waals surface area contributed by atoms with Gasteiger partial charge in [0.2, 0.25) is 5.91 Å². The number of rotatable bonds is 4. The van der Waals surface area contributed by atoms with Crippen molar-refractivity contribution < 1.29 is 4.79 Å². The third-order valence-electron chi connectivity index (χ3n) is 2.01. The normalized spacial score (nSPS) is 10.6. The monoisotopic (exact) mass is 351 g/mol. The Balaban J connectivity index is 2.32. The minimum atomic E-state index is -0.396. The van der Waals surface area contributed by atoms with E-state index in [-0.39, 0.29) is 5.75 Å². The summed E-state index contributed by atoms with van der Waals surface area (Å²) in [7, 11) is 0. The van der Waals surface area contributed by atoms with E-state index < -0.39 is 5.91 Å². The standard InChI is InChI=1S/C10H7Cl2N3OS3/c11-6-2-1-5(3-7(6)12)15-10(17)19-9(14-15)18-4-8(13)16/h1-3H,4H2,(H2,13,16). The number of hydrogen-bond donors (Lipinski definition) is 1. The molecule has 4 nitrogen and oxygen atoms in total. The molecule has 100 valence electrons. The highest BCUT2D eigenvalue weighted by Crippen LogP contribution is 2.27. The summed E-state index contributed by atoms with van der Waals surface area (Å²) in [6.45, 7) is 0. The van der Waals surface area contributed by atoms with Gasteiger partial charge in [-0.15, -0.1) is 5.10 Å². The summed E-state index contributed by atoms with van der Waals surface area (Å²) in [4.78, 5) is 10.7. The highest BCUT2D eigenvalue weighted by Gasteiger charge is 2.09. The lowest BCUT2D eigenvalue weighted by atomic mass is 10.3. The van der Waals surface area contributed by atoms with Gasteiger partial charge in [0.05, 0.1) is 21.5 Å². The van der Waals surface area contributed by atoms with Gasteiger partial charge in [0, 0.05) is 0 Å². The minimum Gasteiger partial charge on any atom is -0.369 e. The Morgan fingerprint density at radius 3 is 2.84 bits per heavy atom. The van der Waals surface area contributed by atoms with Crippen molar-refractivity contribution in [1.29, 1.82) is 0 Å². The van der Waals surface area contributed by atoms with Gasteiger partial charge in [-0.05, 0) is 30.4 Å². The van der Waals surface area contributed by atoms with E-state index in [0.717, 1.165) is 5.69 Å². The number of primary amides is 1. The van der Waals surface area contributed by atoms with Crippen LogP contribution in [0.15, 0.2) is 22.5 Å². The molecule has 2 N–H and O–H groups in total. The van der Waals surface area contributed by atoms with Gasteiger partial charge in [-0.2, -0.15) is 0 Å². The number of hydrogen-bond acceptors (Lipinski definition) is 5. The zero-order valence-electron chi connectivity index (χ0n) is 9.30. The van der Waals surface area contributed by atoms with Crippen molar-refractivity contribution in [2.75, 3.05) is 5.75 Å². The number of nitrogens with two attached hydrogens (primary N) is 1. The number of benzene rings is 1. The fraction of sp³-hybridized carbons (Fsp3) is 0.100. The largest absolute Gasteiger partial charge is 0.369 e. The van der Waals surface area contributed by atoms with E-state index in [9.17, 15) is 4.79 Å². The van der Waals surface area contributed by atoms with Crippen LogP contribution in [-0.2, 0) is 4.79 Å². The Labute approximate surface area is 132 Å². The molecule has 0 radical (unpaired) electrons. The van der Waals surface area contributed by atoms with Crippen LogP contribution in [-0.4, -0.2) is 21.4 Å². The van der Waals surface area contributed by atoms with Crippen LogP contribution in [0.4, 0.5) is 0 Å². The first-order chi connectivity index (χ1) is 8.97. The van der Waals surface area contributed by atoms with Crippen LogP contribution in [0.5, 0.6) is 0 Å². The van der Waals surface area contributed by atoms with Gasteiger partial charge in [-0.3, -0.25) is 4.79 Å². The van der Waals surface area contributed by atoms with Crippen LogP contribution in [0.2, 0.25) is 10.0 Å². The first-order valence-electron chi connectivity index (χ1n) is 4.94. The second kappa shape index (κ2) is 6.23. The van der Waals surface area contributed by atoms with Gasteiger partial charge in [0.15, 0.2) is 8.29 Å². The first-order valence-corrected chi connectivity index (χ1v) is 7.90. The van der Waals surface area contributed by atoms with Crippen molar-refractivity contribution >= 4 is 64.4 Å². The molecule has 0 spiro atoms. The van der Waals surface area contributed by atoms with Gasteiger partial charge in [0.1, 0.15) is 0 Å². The second-order valence-electron chi connectivity index (χ2n) is 3.40. The smallest absolute Gasteiger partial charge is 0.227 e. The molecule has 2 aromatic rings. The van der Waals surface area contributed by atoms with Gasteiger partial charge in [-0.25, -0.2) is 4.68 Å². The third-order valence-corrected chi connectivity index (χ3v) is 5.14. The predicted octanol–water partition coefficient (Wildman–Crippen LogP) is 3.55. The Hall–Kier alpha value is -0.600. The molecule has 0 atom stereocenters. The van der Waals surface area contributed by atoms with E-state index in [4.69, 9.17) is 41.2 Å². The first kappa shape index (κ1) is 14.8. The summed E-state index contributed by atoms with van der Waals surface area (Å²) in [5, 5.41) is 5.21. The molecular formula is C10H7Cl2N3OS3. The summed E-state index contributed by atoms with van der Waals surface area (Å²) in [5.41, 5.74) is 5.81. The highest BCUT2D eigenvalue weighted by atomic mass is 35.5. The molecular weight excluding hydrogens is 345 g/mol. The SMILES string of the molecule is NC(=O)CSc1nn(-c2ccc(Cl)c(Cl)c2)c(=S)s1. The van der Waals surface area contributed by atoms with E-state index in [1.54, 1.807) is 22.9 Å². The van der Waals surface area contributed by atoms with E-state index in [2.05, 4.69) is 5.10 Å². The number of halogens is 2. The maximum absolute atomic E-state index is 10.7. The topological polar surface area (TPSA) is 60.9 Å². The van der Waals surface area contributed by atoms with E-state index in [1.165, 1.54) is 23.1 Å². The molecule has 19 heavy (non-hydrogen) atoms. The number of thioether (sulfide) groups is 1. The quantitative estimate of drug-likeness (QED) is 0.675. The molecule has 0 unspecified atom stereocenters. The second-order valence-corrected chi connectivity index (χ2v) is 7.06. The van der Waals surface area contributed by atoms with Crippen molar-refractivity contribution in [3.05, 3.63) is 32.2 Å². The predicted molar refractivity (Wildman–Crippen MR) is 82.2 cm³/mol. The lowest BCUT2D eigenvalue weighted by Crippen LogP contribution is -2.12. The molecule has 1 amide bonds. The maximum atomic E-state index is 10.7. The summed E-state index contributed by atoms with van der Waals surface area (Å²) < 4.78 is 2.81. The highest BCUT2D eigenvalue weighted by molar-refractivity contribution is 8.01. The zero-order valence-corrected chi connectivity index (χ0v) is 13.3. The van der Waals surface area contributed by atoms with Gasteiger partial charge < -0.3 is 5.73 Å². The molecule has 1 aromatic heterocycles. The molecule has 0 saturated carbocycles. The molecule has 0 fully saturated rings. The van der Waals surface area contributed by atoms with E-state index in [0.29, 0.717) is 18.3 Å². The van der Waals surface area contributed by atoms with Crippen LogP contribution < -0.4 is 5.73 Å². The molecule has 2 rings (SSSR count). The van der Waals surface area contributed by atoms with Crippen molar-refractivity contribution in [3.63, 3.8) is 0 Å². The number of carbonyl (C=O) groups is 1. The summed E-state index contributed by atoms with van der Waals surface area (Å²) in [6, 6.07) is 5.13. The molecule has 0 bridgehead atoms. The van der Waals surface area contributed by atoms with Gasteiger partial charge in [0.25, 0.3) is 0 Å². The molecule has 0 aliphatic carbocycles. The molecule has 0 aliphatic heterocycles. The van der Waals surface area contributed by atoms with Gasteiger partial charge >= 0.3 is 0 Å². The van der Waals surface area contributed by atoms with E-state index >= 15 is 0 Å². The van der Waals surface area contributed by atoms with Crippen LogP contribution in [0.1, 0.15) is 0 Å². The van der Waals surface area contributed by atoms with Crippen molar-refractivity contribution in [1.82, 2.24) is 9.78 Å². The number of carbonyl (C=O) groups excluding carboxylic acids is 1. The molecule has 1 aromatic carbocycles. The molecule has 0 saturated heterocycles. The lowest BCUT2D eigenvalue weighted by Gasteiger charge is -2.02. The Bertz CT molecular complexity index is 683. The van der Waals surface area contributed by atoms with Crippen LogP contribution in [0, 0.1) is 3.95 Å². The Morgan fingerprint density at radius 2 is 2.21 bits per heavy atom. The lowest BCUT2D eigenvalue weighted by molar-refractivity contribution is -0.115. The molecule has 9 heteroatoms. The zero-order chi connectivity index (χ0) is 14.0. The summed E-state index contributed by atoms with van der Waals surface area (Å²) in [6.07, 6.45) is 0. The third kappa shape index (κ3) is 3.70. The van der Waals surface area contributed by atoms with Gasteiger partial charge in [-0.1, -0.05) is 46.3 Å². The maximum Gasteiger partial charge on any atom is 0.227 e. The average molecular weight is 352 g/mol. The Kier molecular flexibility index (Phi) is 4.86. The number of amides is 1. The number of nitrogens with zero attached hydrogens (tertiary/aromatic N) is 2. The fourth-order valence-corrected chi connectivity index (χ4v) is 3.62. The minimum absolute atomic E-state index is 0.170. The molecule has 1 heterocycles. The average Bonchev–Trinajstić information content (AvgIpc) is 2.72. The Morgan fingerprint density at radius 1 is 1.47 bits per heavy atom. The number of aromatic nitrogens is 2. The molecule has 0 aliphatic rings. The van der Waals surface area contributed by atoms with E-state index in [1.807, 2.05) is 0 Å². The van der Waals surface area contributed by atoms with Crippen LogP contribution in [0.3, 0.4) is 0 Å². The van der Waals surface area contributed by atoms with Crippen molar-refractivity contribution in [2.24, 2.45) is 5.73 Å². The fourth-order valence-electron chi connectivity index (χ4n) is 1.23. The summed E-state index contributed by atoms with van der Waals surface area (Å²) >= 11 is 19.6.